The number of piperidine rings is 1. The lowest BCUT2D eigenvalue weighted by atomic mass is 9.94. The van der Waals surface area contributed by atoms with E-state index in [2.05, 4.69) is 4.90 Å². The van der Waals surface area contributed by atoms with Crippen LogP contribution in [0.1, 0.15) is 32.1 Å². The Morgan fingerprint density at radius 2 is 1.71 bits per heavy atom. The minimum atomic E-state index is -4.00. The maximum atomic E-state index is 12.5. The van der Waals surface area contributed by atoms with Crippen molar-refractivity contribution in [3.05, 3.63) is 0 Å². The summed E-state index contributed by atoms with van der Waals surface area (Å²) < 4.78 is 37.5. The van der Waals surface area contributed by atoms with Crippen LogP contribution in [0.25, 0.3) is 0 Å². The van der Waals surface area contributed by atoms with E-state index in [-0.39, 0.29) is 18.9 Å². The van der Waals surface area contributed by atoms with Crippen molar-refractivity contribution in [1.82, 2.24) is 4.90 Å². The number of alkyl halides is 3. The number of hydrogen-bond acceptors (Lipinski definition) is 2. The van der Waals surface area contributed by atoms with Crippen LogP contribution in [-0.2, 0) is 0 Å². The second-order valence-electron chi connectivity index (χ2n) is 5.47. The van der Waals surface area contributed by atoms with Crippen LogP contribution in [0.2, 0.25) is 0 Å². The lowest BCUT2D eigenvalue weighted by Crippen LogP contribution is -2.43. The molecule has 0 aromatic carbocycles. The van der Waals surface area contributed by atoms with E-state index in [1.54, 1.807) is 0 Å². The van der Waals surface area contributed by atoms with Crippen molar-refractivity contribution in [3.63, 3.8) is 0 Å². The topological polar surface area (TPSA) is 29.3 Å². The van der Waals surface area contributed by atoms with E-state index in [1.807, 2.05) is 0 Å². The summed E-state index contributed by atoms with van der Waals surface area (Å²) in [6.45, 7) is 2.05. The fraction of sp³-hybridized carbons (Fsp3) is 1.00. The van der Waals surface area contributed by atoms with E-state index in [0.29, 0.717) is 19.0 Å². The molecule has 0 aromatic heterocycles. The van der Waals surface area contributed by atoms with Crippen LogP contribution in [0.5, 0.6) is 0 Å². The highest BCUT2D eigenvalue weighted by molar-refractivity contribution is 4.85. The minimum Gasteiger partial charge on any atom is -0.327 e. The SMILES string of the molecule is NC1CCCC1CN1CCC(C(F)(F)F)CC1. The molecule has 2 aliphatic rings. The molecule has 100 valence electrons. The van der Waals surface area contributed by atoms with Gasteiger partial charge in [-0.2, -0.15) is 13.2 Å². The van der Waals surface area contributed by atoms with Crippen LogP contribution in [0.15, 0.2) is 0 Å². The molecular weight excluding hydrogens is 229 g/mol. The lowest BCUT2D eigenvalue weighted by molar-refractivity contribution is -0.185. The molecule has 0 aromatic rings. The van der Waals surface area contributed by atoms with Gasteiger partial charge in [0.25, 0.3) is 0 Å². The summed E-state index contributed by atoms with van der Waals surface area (Å²) in [5.41, 5.74) is 5.99. The third-order valence-corrected chi connectivity index (χ3v) is 4.26. The van der Waals surface area contributed by atoms with Crippen LogP contribution >= 0.6 is 0 Å². The van der Waals surface area contributed by atoms with E-state index in [0.717, 1.165) is 19.4 Å². The smallest absolute Gasteiger partial charge is 0.327 e. The fourth-order valence-corrected chi connectivity index (χ4v) is 3.07. The highest BCUT2D eigenvalue weighted by Gasteiger charge is 2.41. The van der Waals surface area contributed by atoms with Gasteiger partial charge in [-0.05, 0) is 44.7 Å². The van der Waals surface area contributed by atoms with Crippen molar-refractivity contribution < 1.29 is 13.2 Å². The molecule has 17 heavy (non-hydrogen) atoms. The molecule has 2 fully saturated rings. The van der Waals surface area contributed by atoms with Crippen LogP contribution in [-0.4, -0.2) is 36.8 Å². The molecular formula is C12H21F3N2. The first kappa shape index (κ1) is 13.1. The van der Waals surface area contributed by atoms with E-state index in [4.69, 9.17) is 5.73 Å². The van der Waals surface area contributed by atoms with Crippen molar-refractivity contribution in [3.8, 4) is 0 Å². The monoisotopic (exact) mass is 250 g/mol. The van der Waals surface area contributed by atoms with Gasteiger partial charge in [-0.1, -0.05) is 6.42 Å². The summed E-state index contributed by atoms with van der Waals surface area (Å²) in [4.78, 5) is 2.16. The number of hydrogen-bond donors (Lipinski definition) is 1. The molecule has 2 N–H and O–H groups in total. The Morgan fingerprint density at radius 3 is 2.18 bits per heavy atom. The predicted molar refractivity (Wildman–Crippen MR) is 60.5 cm³/mol. The zero-order valence-electron chi connectivity index (χ0n) is 10.0. The second-order valence-corrected chi connectivity index (χ2v) is 5.47. The summed E-state index contributed by atoms with van der Waals surface area (Å²) in [5, 5.41) is 0. The highest BCUT2D eigenvalue weighted by Crippen LogP contribution is 2.35. The van der Waals surface area contributed by atoms with Gasteiger partial charge in [0.1, 0.15) is 0 Å². The van der Waals surface area contributed by atoms with Crippen LogP contribution in [0.4, 0.5) is 13.2 Å². The van der Waals surface area contributed by atoms with E-state index < -0.39 is 12.1 Å². The van der Waals surface area contributed by atoms with Gasteiger partial charge in [-0.15, -0.1) is 0 Å². The molecule has 0 spiro atoms. The van der Waals surface area contributed by atoms with Crippen molar-refractivity contribution in [1.29, 1.82) is 0 Å². The summed E-state index contributed by atoms with van der Waals surface area (Å²) in [5.74, 6) is -0.589. The minimum absolute atomic E-state index is 0.255. The molecule has 1 heterocycles. The summed E-state index contributed by atoms with van der Waals surface area (Å²) >= 11 is 0. The molecule has 1 aliphatic heterocycles. The maximum Gasteiger partial charge on any atom is 0.391 e. The van der Waals surface area contributed by atoms with Crippen molar-refractivity contribution in [2.24, 2.45) is 17.6 Å². The molecule has 0 amide bonds. The molecule has 0 bridgehead atoms. The number of rotatable bonds is 2. The molecule has 1 saturated carbocycles. The Labute approximate surface area is 100 Å². The molecule has 5 heteroatoms. The average Bonchev–Trinajstić information content (AvgIpc) is 2.64. The van der Waals surface area contributed by atoms with E-state index in [9.17, 15) is 13.2 Å². The first-order valence-corrected chi connectivity index (χ1v) is 6.51. The summed E-state index contributed by atoms with van der Waals surface area (Å²) in [6.07, 6.45) is -0.109. The zero-order chi connectivity index (χ0) is 12.5. The van der Waals surface area contributed by atoms with Gasteiger partial charge >= 0.3 is 6.18 Å². The van der Waals surface area contributed by atoms with Crippen molar-refractivity contribution in [2.75, 3.05) is 19.6 Å². The van der Waals surface area contributed by atoms with Gasteiger partial charge in [-0.25, -0.2) is 0 Å². The van der Waals surface area contributed by atoms with Crippen LogP contribution < -0.4 is 5.73 Å². The Bertz CT molecular complexity index is 247. The first-order chi connectivity index (χ1) is 7.97. The average molecular weight is 250 g/mol. The van der Waals surface area contributed by atoms with Gasteiger partial charge in [0.15, 0.2) is 0 Å². The van der Waals surface area contributed by atoms with Crippen molar-refractivity contribution in [2.45, 2.75) is 44.3 Å². The van der Waals surface area contributed by atoms with E-state index in [1.165, 1.54) is 6.42 Å². The molecule has 0 radical (unpaired) electrons. The molecule has 2 atom stereocenters. The van der Waals surface area contributed by atoms with Crippen LogP contribution in [0, 0.1) is 11.8 Å². The Balaban J connectivity index is 1.76. The third kappa shape index (κ3) is 3.35. The van der Waals surface area contributed by atoms with Gasteiger partial charge in [0.2, 0.25) is 0 Å². The molecule has 1 aliphatic carbocycles. The van der Waals surface area contributed by atoms with Gasteiger partial charge < -0.3 is 10.6 Å². The number of nitrogens with two attached hydrogens (primary N) is 1. The standard InChI is InChI=1S/C12H21F3N2/c13-12(14,15)10-4-6-17(7-5-10)8-9-2-1-3-11(9)16/h9-11H,1-8,16H2. The fourth-order valence-electron chi connectivity index (χ4n) is 3.07. The lowest BCUT2D eigenvalue weighted by Gasteiger charge is -2.35. The summed E-state index contributed by atoms with van der Waals surface area (Å²) in [7, 11) is 0. The molecule has 2 unspecified atom stereocenters. The number of halogens is 3. The van der Waals surface area contributed by atoms with Crippen LogP contribution in [0.3, 0.4) is 0 Å². The van der Waals surface area contributed by atoms with Gasteiger partial charge in [-0.3, -0.25) is 0 Å². The van der Waals surface area contributed by atoms with Crippen molar-refractivity contribution >= 4 is 0 Å². The van der Waals surface area contributed by atoms with Gasteiger partial charge in [0, 0.05) is 12.6 Å². The molecule has 2 nitrogen and oxygen atoms in total. The Morgan fingerprint density at radius 1 is 1.06 bits per heavy atom. The normalized spacial score (nSPS) is 33.2. The van der Waals surface area contributed by atoms with Gasteiger partial charge in [0.05, 0.1) is 5.92 Å². The largest absolute Gasteiger partial charge is 0.391 e. The zero-order valence-corrected chi connectivity index (χ0v) is 10.0. The first-order valence-electron chi connectivity index (χ1n) is 6.51. The van der Waals surface area contributed by atoms with E-state index >= 15 is 0 Å². The Kier molecular flexibility index (Phi) is 3.98. The molecule has 2 rings (SSSR count). The number of nitrogens with zero attached hydrogens (tertiary/aromatic N) is 1. The summed E-state index contributed by atoms with van der Waals surface area (Å²) in [6, 6.07) is 0.260. The quantitative estimate of drug-likeness (QED) is 0.815. The highest BCUT2D eigenvalue weighted by atomic mass is 19.4. The number of likely N-dealkylation sites (tertiary alicyclic amines) is 1. The second kappa shape index (κ2) is 5.14. The maximum absolute atomic E-state index is 12.5. The molecule has 1 saturated heterocycles. The Hall–Kier alpha value is -0.290. The predicted octanol–water partition coefficient (Wildman–Crippen LogP) is 2.39. The third-order valence-electron chi connectivity index (χ3n) is 4.26.